The zero-order valence-corrected chi connectivity index (χ0v) is 21.2. The number of amides is 1. The van der Waals surface area contributed by atoms with Gasteiger partial charge in [0.05, 0.1) is 25.7 Å². The summed E-state index contributed by atoms with van der Waals surface area (Å²) in [7, 11) is 3.24. The molecule has 0 radical (unpaired) electrons. The summed E-state index contributed by atoms with van der Waals surface area (Å²) in [5.41, 5.74) is 1.75. The third kappa shape index (κ3) is 6.31. The molecule has 0 aliphatic heterocycles. The quantitative estimate of drug-likeness (QED) is 0.288. The van der Waals surface area contributed by atoms with Gasteiger partial charge in [-0.25, -0.2) is 4.98 Å². The monoisotopic (exact) mass is 511 g/mol. The van der Waals surface area contributed by atoms with Gasteiger partial charge in [-0.2, -0.15) is 0 Å². The molecule has 0 aliphatic rings. The van der Waals surface area contributed by atoms with E-state index in [0.717, 1.165) is 22.8 Å². The van der Waals surface area contributed by atoms with E-state index in [1.54, 1.807) is 14.2 Å². The van der Waals surface area contributed by atoms with E-state index in [4.69, 9.17) is 14.2 Å². The van der Waals surface area contributed by atoms with Crippen molar-refractivity contribution in [3.8, 4) is 28.5 Å². The molecule has 0 aliphatic carbocycles. The molecule has 1 N–H and O–H groups in total. The van der Waals surface area contributed by atoms with Crippen molar-refractivity contribution >= 4 is 34.1 Å². The van der Waals surface area contributed by atoms with E-state index >= 15 is 0 Å². The van der Waals surface area contributed by atoms with Gasteiger partial charge in [0, 0.05) is 23.6 Å². The summed E-state index contributed by atoms with van der Waals surface area (Å²) < 4.78 is 18.2. The Morgan fingerprint density at radius 3 is 2.57 bits per heavy atom. The van der Waals surface area contributed by atoms with Gasteiger partial charge in [0.1, 0.15) is 23.9 Å². The van der Waals surface area contributed by atoms with Crippen LogP contribution in [0.5, 0.6) is 17.2 Å². The molecule has 4 rings (SSSR count). The second kappa shape index (κ2) is 11.7. The minimum atomic E-state index is -0.162. The lowest BCUT2D eigenvalue weighted by Crippen LogP contribution is -2.14. The summed E-state index contributed by atoms with van der Waals surface area (Å²) in [4.78, 5) is 17.0. The van der Waals surface area contributed by atoms with Crippen molar-refractivity contribution in [3.63, 3.8) is 0 Å². The summed E-state index contributed by atoms with van der Waals surface area (Å²) in [6, 6.07) is 15.0. The Kier molecular flexibility index (Phi) is 8.22. The van der Waals surface area contributed by atoms with Crippen LogP contribution in [-0.2, 0) is 17.9 Å². The van der Waals surface area contributed by atoms with Gasteiger partial charge in [0.15, 0.2) is 16.1 Å². The van der Waals surface area contributed by atoms with Gasteiger partial charge >= 0.3 is 0 Å². The van der Waals surface area contributed by atoms with Crippen molar-refractivity contribution in [3.05, 3.63) is 59.7 Å². The number of aromatic nitrogens is 4. The lowest BCUT2D eigenvalue weighted by atomic mass is 10.2. The van der Waals surface area contributed by atoms with Crippen LogP contribution in [0.25, 0.3) is 11.3 Å². The normalized spacial score (nSPS) is 10.7. The molecule has 1 amide bonds. The standard InChI is InChI=1S/C24H25N5O4S2/c1-4-29-21(13-33-19-7-5-6-18(12-19)32-3)27-28-24(29)35-15-22(30)26-23-25-20(14-34-23)16-8-10-17(31-2)11-9-16/h5-12,14H,4,13,15H2,1-3H3,(H,25,26,30). The smallest absolute Gasteiger partial charge is 0.236 e. The highest BCUT2D eigenvalue weighted by molar-refractivity contribution is 7.99. The molecule has 2 aromatic carbocycles. The minimum Gasteiger partial charge on any atom is -0.497 e. The van der Waals surface area contributed by atoms with E-state index in [1.807, 2.05) is 65.4 Å². The largest absolute Gasteiger partial charge is 0.497 e. The molecule has 0 saturated carbocycles. The third-order valence-electron chi connectivity index (χ3n) is 4.99. The first-order chi connectivity index (χ1) is 17.1. The van der Waals surface area contributed by atoms with Crippen LogP contribution in [0.15, 0.2) is 59.1 Å². The number of hydrogen-bond donors (Lipinski definition) is 1. The van der Waals surface area contributed by atoms with Crippen LogP contribution in [0.1, 0.15) is 12.7 Å². The molecule has 35 heavy (non-hydrogen) atoms. The van der Waals surface area contributed by atoms with Crippen molar-refractivity contribution in [1.29, 1.82) is 0 Å². The first-order valence-electron chi connectivity index (χ1n) is 10.8. The SMILES string of the molecule is CCn1c(COc2cccc(OC)c2)nnc1SCC(=O)Nc1nc(-c2ccc(OC)cc2)cs1. The summed E-state index contributed by atoms with van der Waals surface area (Å²) in [6.45, 7) is 2.91. The van der Waals surface area contributed by atoms with E-state index in [2.05, 4.69) is 20.5 Å². The van der Waals surface area contributed by atoms with Crippen LogP contribution >= 0.6 is 23.1 Å². The molecule has 0 spiro atoms. The molecule has 4 aromatic rings. The molecule has 2 heterocycles. The lowest BCUT2D eigenvalue weighted by molar-refractivity contribution is -0.113. The number of methoxy groups -OCH3 is 2. The molecule has 11 heteroatoms. The maximum Gasteiger partial charge on any atom is 0.236 e. The lowest BCUT2D eigenvalue weighted by Gasteiger charge is -2.09. The third-order valence-corrected chi connectivity index (χ3v) is 6.71. The summed E-state index contributed by atoms with van der Waals surface area (Å²) in [5.74, 6) is 2.89. The maximum atomic E-state index is 12.5. The fourth-order valence-corrected chi connectivity index (χ4v) is 4.76. The Hall–Kier alpha value is -3.57. The minimum absolute atomic E-state index is 0.162. The van der Waals surface area contributed by atoms with Crippen LogP contribution in [0.2, 0.25) is 0 Å². The Labute approximate surface area is 211 Å². The van der Waals surface area contributed by atoms with E-state index in [-0.39, 0.29) is 18.3 Å². The number of rotatable bonds is 11. The van der Waals surface area contributed by atoms with Gasteiger partial charge in [0.2, 0.25) is 5.91 Å². The molecule has 0 bridgehead atoms. The Morgan fingerprint density at radius 1 is 1.06 bits per heavy atom. The number of hydrogen-bond acceptors (Lipinski definition) is 9. The van der Waals surface area contributed by atoms with Crippen molar-refractivity contribution < 1.29 is 19.0 Å². The summed E-state index contributed by atoms with van der Waals surface area (Å²) >= 11 is 2.70. The average Bonchev–Trinajstić information content (AvgIpc) is 3.53. The summed E-state index contributed by atoms with van der Waals surface area (Å²) in [5, 5.41) is 14.4. The number of anilines is 1. The van der Waals surface area contributed by atoms with Gasteiger partial charge in [-0.05, 0) is 43.3 Å². The average molecular weight is 512 g/mol. The number of thioether (sulfide) groups is 1. The van der Waals surface area contributed by atoms with Gasteiger partial charge in [-0.1, -0.05) is 17.8 Å². The van der Waals surface area contributed by atoms with E-state index in [0.29, 0.717) is 28.4 Å². The highest BCUT2D eigenvalue weighted by Gasteiger charge is 2.15. The van der Waals surface area contributed by atoms with Crippen LogP contribution in [0.3, 0.4) is 0 Å². The van der Waals surface area contributed by atoms with Crippen molar-refractivity contribution in [1.82, 2.24) is 19.7 Å². The second-order valence-electron chi connectivity index (χ2n) is 7.21. The van der Waals surface area contributed by atoms with Crippen LogP contribution in [0, 0.1) is 0 Å². The Balaban J connectivity index is 1.31. The van der Waals surface area contributed by atoms with E-state index in [1.165, 1.54) is 23.1 Å². The molecular formula is C24H25N5O4S2. The molecule has 0 atom stereocenters. The number of benzene rings is 2. The van der Waals surface area contributed by atoms with Crippen LogP contribution < -0.4 is 19.5 Å². The Bertz CT molecular complexity index is 1270. The number of ether oxygens (including phenoxy) is 3. The zero-order chi connectivity index (χ0) is 24.6. The number of thiazole rings is 1. The first-order valence-corrected chi connectivity index (χ1v) is 12.7. The molecule has 2 aromatic heterocycles. The molecular weight excluding hydrogens is 486 g/mol. The fraction of sp³-hybridized carbons (Fsp3) is 0.250. The number of nitrogens with one attached hydrogen (secondary N) is 1. The maximum absolute atomic E-state index is 12.5. The molecule has 0 unspecified atom stereocenters. The van der Waals surface area contributed by atoms with E-state index < -0.39 is 0 Å². The van der Waals surface area contributed by atoms with Gasteiger partial charge in [0.25, 0.3) is 0 Å². The van der Waals surface area contributed by atoms with Crippen LogP contribution in [-0.4, -0.2) is 45.6 Å². The number of nitrogens with zero attached hydrogens (tertiary/aromatic N) is 4. The molecule has 0 fully saturated rings. The second-order valence-corrected chi connectivity index (χ2v) is 9.01. The predicted octanol–water partition coefficient (Wildman–Crippen LogP) is 4.75. The Morgan fingerprint density at radius 2 is 1.83 bits per heavy atom. The highest BCUT2D eigenvalue weighted by Crippen LogP contribution is 2.27. The van der Waals surface area contributed by atoms with Crippen molar-refractivity contribution in [2.24, 2.45) is 0 Å². The van der Waals surface area contributed by atoms with Gasteiger partial charge in [-0.3, -0.25) is 4.79 Å². The number of carbonyl (C=O) groups excluding carboxylic acids is 1. The molecule has 0 saturated heterocycles. The van der Waals surface area contributed by atoms with Crippen molar-refractivity contribution in [2.75, 3.05) is 25.3 Å². The molecule has 182 valence electrons. The van der Waals surface area contributed by atoms with Gasteiger partial charge in [-0.15, -0.1) is 21.5 Å². The fourth-order valence-electron chi connectivity index (χ4n) is 3.20. The number of carbonyl (C=O) groups is 1. The van der Waals surface area contributed by atoms with Crippen molar-refractivity contribution in [2.45, 2.75) is 25.2 Å². The topological polar surface area (TPSA) is 100 Å². The van der Waals surface area contributed by atoms with Crippen LogP contribution in [0.4, 0.5) is 5.13 Å². The van der Waals surface area contributed by atoms with Gasteiger partial charge < -0.3 is 24.1 Å². The summed E-state index contributed by atoms with van der Waals surface area (Å²) in [6.07, 6.45) is 0. The first kappa shape index (κ1) is 24.6. The van der Waals surface area contributed by atoms with E-state index in [9.17, 15) is 4.79 Å². The molecule has 9 nitrogen and oxygen atoms in total. The predicted molar refractivity (Wildman–Crippen MR) is 136 cm³/mol. The zero-order valence-electron chi connectivity index (χ0n) is 19.6. The highest BCUT2D eigenvalue weighted by atomic mass is 32.2.